The lowest BCUT2D eigenvalue weighted by atomic mass is 10.1. The summed E-state index contributed by atoms with van der Waals surface area (Å²) in [5.41, 5.74) is 0.483. The van der Waals surface area contributed by atoms with Crippen LogP contribution in [-0.2, 0) is 9.59 Å². The molecule has 2 amide bonds. The zero-order chi connectivity index (χ0) is 17.6. The predicted octanol–water partition coefficient (Wildman–Crippen LogP) is 2.49. The first kappa shape index (κ1) is 17.9. The Morgan fingerprint density at radius 2 is 1.84 bits per heavy atom. The fourth-order valence-electron chi connectivity index (χ4n) is 3.67. The van der Waals surface area contributed by atoms with Gasteiger partial charge in [-0.15, -0.1) is 0 Å². The number of carbonyl (C=O) groups is 2. The number of nitrogens with zero attached hydrogens (tertiary/aromatic N) is 2. The number of anilines is 1. The van der Waals surface area contributed by atoms with Crippen LogP contribution < -0.4 is 5.32 Å². The topological polar surface area (TPSA) is 52.7 Å². The van der Waals surface area contributed by atoms with Crippen LogP contribution in [0.15, 0.2) is 24.3 Å². The van der Waals surface area contributed by atoms with E-state index in [1.165, 1.54) is 25.0 Å². The maximum Gasteiger partial charge on any atom is 0.225 e. The first-order valence-electron chi connectivity index (χ1n) is 9.18. The third-order valence-electron chi connectivity index (χ3n) is 5.15. The van der Waals surface area contributed by atoms with Gasteiger partial charge in [-0.25, -0.2) is 4.39 Å². The van der Waals surface area contributed by atoms with Crippen molar-refractivity contribution in [2.24, 2.45) is 5.92 Å². The van der Waals surface area contributed by atoms with E-state index in [4.69, 9.17) is 0 Å². The summed E-state index contributed by atoms with van der Waals surface area (Å²) < 4.78 is 13.1. The number of carbonyl (C=O) groups excluding carboxylic acids is 2. The standard InChI is InChI=1S/C19H26FN3O2/c20-16-6-3-7-17(14-16)21-18(24)8-9-22-10-12-23(13-11-22)19(25)15-4-1-2-5-15/h3,6-7,14-15H,1-2,4-5,8-13H2,(H,21,24). The summed E-state index contributed by atoms with van der Waals surface area (Å²) in [6.07, 6.45) is 4.80. The molecule has 25 heavy (non-hydrogen) atoms. The largest absolute Gasteiger partial charge is 0.340 e. The maximum absolute atomic E-state index is 13.1. The van der Waals surface area contributed by atoms with Crippen LogP contribution in [0.25, 0.3) is 0 Å². The van der Waals surface area contributed by atoms with E-state index in [0.29, 0.717) is 24.6 Å². The number of hydrogen-bond donors (Lipinski definition) is 1. The minimum atomic E-state index is -0.360. The zero-order valence-electron chi connectivity index (χ0n) is 14.5. The fourth-order valence-corrected chi connectivity index (χ4v) is 3.67. The average molecular weight is 347 g/mol. The van der Waals surface area contributed by atoms with Gasteiger partial charge in [0, 0.05) is 50.7 Å². The zero-order valence-corrected chi connectivity index (χ0v) is 14.5. The van der Waals surface area contributed by atoms with Crippen LogP contribution >= 0.6 is 0 Å². The second-order valence-corrected chi connectivity index (χ2v) is 6.96. The van der Waals surface area contributed by atoms with Crippen molar-refractivity contribution in [1.82, 2.24) is 9.80 Å². The Hall–Kier alpha value is -1.95. The second kappa shape index (κ2) is 8.43. The number of hydrogen-bond acceptors (Lipinski definition) is 3. The molecular weight excluding hydrogens is 321 g/mol. The molecule has 1 aromatic rings. The van der Waals surface area contributed by atoms with E-state index in [2.05, 4.69) is 10.2 Å². The molecule has 0 spiro atoms. The summed E-state index contributed by atoms with van der Waals surface area (Å²) in [6, 6.07) is 5.91. The van der Waals surface area contributed by atoms with Crippen molar-refractivity contribution in [2.45, 2.75) is 32.1 Å². The molecule has 1 N–H and O–H groups in total. The molecule has 1 aromatic carbocycles. The lowest BCUT2D eigenvalue weighted by Gasteiger charge is -2.35. The minimum Gasteiger partial charge on any atom is -0.340 e. The van der Waals surface area contributed by atoms with Crippen molar-refractivity contribution in [3.63, 3.8) is 0 Å². The summed E-state index contributed by atoms with van der Waals surface area (Å²) in [6.45, 7) is 3.78. The molecular formula is C19H26FN3O2. The quantitative estimate of drug-likeness (QED) is 0.890. The lowest BCUT2D eigenvalue weighted by Crippen LogP contribution is -2.50. The summed E-state index contributed by atoms with van der Waals surface area (Å²) in [7, 11) is 0. The number of benzene rings is 1. The first-order valence-corrected chi connectivity index (χ1v) is 9.18. The van der Waals surface area contributed by atoms with Gasteiger partial charge in [-0.3, -0.25) is 14.5 Å². The van der Waals surface area contributed by atoms with Gasteiger partial charge >= 0.3 is 0 Å². The van der Waals surface area contributed by atoms with E-state index < -0.39 is 0 Å². The average Bonchev–Trinajstić information content (AvgIpc) is 3.14. The summed E-state index contributed by atoms with van der Waals surface area (Å²) >= 11 is 0. The molecule has 3 rings (SSSR count). The first-order chi connectivity index (χ1) is 12.1. The summed E-state index contributed by atoms with van der Waals surface area (Å²) in [5.74, 6) is 0.0838. The molecule has 1 aliphatic carbocycles. The smallest absolute Gasteiger partial charge is 0.225 e. The second-order valence-electron chi connectivity index (χ2n) is 6.96. The molecule has 1 saturated carbocycles. The lowest BCUT2D eigenvalue weighted by molar-refractivity contribution is -0.137. The molecule has 0 radical (unpaired) electrons. The van der Waals surface area contributed by atoms with E-state index in [9.17, 15) is 14.0 Å². The highest BCUT2D eigenvalue weighted by Crippen LogP contribution is 2.26. The molecule has 1 aliphatic heterocycles. The Kier molecular flexibility index (Phi) is 6.02. The Balaban J connectivity index is 1.37. The van der Waals surface area contributed by atoms with Crippen molar-refractivity contribution in [2.75, 3.05) is 38.0 Å². The number of rotatable bonds is 5. The van der Waals surface area contributed by atoms with Crippen molar-refractivity contribution >= 4 is 17.5 Å². The van der Waals surface area contributed by atoms with Gasteiger partial charge in [0.25, 0.3) is 0 Å². The molecule has 0 bridgehead atoms. The fraction of sp³-hybridized carbons (Fsp3) is 0.579. The number of piperazine rings is 1. The number of halogens is 1. The Bertz CT molecular complexity index is 608. The molecule has 136 valence electrons. The van der Waals surface area contributed by atoms with Gasteiger partial charge in [-0.1, -0.05) is 18.9 Å². The van der Waals surface area contributed by atoms with Gasteiger partial charge in [0.05, 0.1) is 0 Å². The monoisotopic (exact) mass is 347 g/mol. The van der Waals surface area contributed by atoms with Crippen molar-refractivity contribution in [1.29, 1.82) is 0 Å². The Morgan fingerprint density at radius 1 is 1.12 bits per heavy atom. The highest BCUT2D eigenvalue weighted by atomic mass is 19.1. The molecule has 1 heterocycles. The van der Waals surface area contributed by atoms with Crippen LogP contribution in [0.3, 0.4) is 0 Å². The molecule has 0 atom stereocenters. The molecule has 0 aromatic heterocycles. The van der Waals surface area contributed by atoms with Gasteiger partial charge in [0.1, 0.15) is 5.82 Å². The van der Waals surface area contributed by atoms with Crippen molar-refractivity contribution < 1.29 is 14.0 Å². The van der Waals surface area contributed by atoms with E-state index in [-0.39, 0.29) is 17.6 Å². The third kappa shape index (κ3) is 5.01. The van der Waals surface area contributed by atoms with Crippen LogP contribution in [0.1, 0.15) is 32.1 Å². The molecule has 2 aliphatic rings. The van der Waals surface area contributed by atoms with Gasteiger partial charge < -0.3 is 10.2 Å². The molecule has 2 fully saturated rings. The third-order valence-corrected chi connectivity index (χ3v) is 5.15. The predicted molar refractivity (Wildman–Crippen MR) is 94.6 cm³/mol. The number of amides is 2. The van der Waals surface area contributed by atoms with E-state index in [1.807, 2.05) is 4.90 Å². The molecule has 6 heteroatoms. The molecule has 0 unspecified atom stereocenters. The highest BCUT2D eigenvalue weighted by Gasteiger charge is 2.29. The van der Waals surface area contributed by atoms with Gasteiger partial charge in [-0.05, 0) is 31.0 Å². The van der Waals surface area contributed by atoms with E-state index >= 15 is 0 Å². The Labute approximate surface area is 148 Å². The van der Waals surface area contributed by atoms with E-state index in [1.54, 1.807) is 12.1 Å². The summed E-state index contributed by atoms with van der Waals surface area (Å²) in [5, 5.41) is 2.72. The minimum absolute atomic E-state index is 0.116. The molecule has 1 saturated heterocycles. The van der Waals surface area contributed by atoms with Crippen LogP contribution in [0.5, 0.6) is 0 Å². The van der Waals surface area contributed by atoms with Gasteiger partial charge in [0.15, 0.2) is 0 Å². The van der Waals surface area contributed by atoms with Gasteiger partial charge in [0.2, 0.25) is 11.8 Å². The SMILES string of the molecule is O=C(CCN1CCN(C(=O)C2CCCC2)CC1)Nc1cccc(F)c1. The highest BCUT2D eigenvalue weighted by molar-refractivity contribution is 5.90. The Morgan fingerprint density at radius 3 is 2.52 bits per heavy atom. The van der Waals surface area contributed by atoms with Crippen LogP contribution in [0.4, 0.5) is 10.1 Å². The van der Waals surface area contributed by atoms with Gasteiger partial charge in [-0.2, -0.15) is 0 Å². The van der Waals surface area contributed by atoms with E-state index in [0.717, 1.165) is 39.0 Å². The normalized spacial score (nSPS) is 19.2. The maximum atomic E-state index is 13.1. The molecule has 5 nitrogen and oxygen atoms in total. The number of nitrogens with one attached hydrogen (secondary N) is 1. The van der Waals surface area contributed by atoms with Crippen LogP contribution in [0.2, 0.25) is 0 Å². The van der Waals surface area contributed by atoms with Crippen molar-refractivity contribution in [3.05, 3.63) is 30.1 Å². The van der Waals surface area contributed by atoms with Crippen LogP contribution in [0, 0.1) is 11.7 Å². The van der Waals surface area contributed by atoms with Crippen molar-refractivity contribution in [3.8, 4) is 0 Å². The summed E-state index contributed by atoms with van der Waals surface area (Å²) in [4.78, 5) is 28.6. The van der Waals surface area contributed by atoms with Crippen LogP contribution in [-0.4, -0.2) is 54.3 Å².